The van der Waals surface area contributed by atoms with Gasteiger partial charge >= 0.3 is 5.97 Å². The quantitative estimate of drug-likeness (QED) is 0.572. The second-order valence-corrected chi connectivity index (χ2v) is 3.53. The second kappa shape index (κ2) is 5.26. The summed E-state index contributed by atoms with van der Waals surface area (Å²) in [5, 5.41) is 0. The first-order valence-electron chi connectivity index (χ1n) is 5.25. The molecule has 3 heteroatoms. The fourth-order valence-corrected chi connectivity index (χ4v) is 1.45. The Morgan fingerprint density at radius 3 is 2.88 bits per heavy atom. The van der Waals surface area contributed by atoms with Crippen LogP contribution >= 0.6 is 0 Å². The monoisotopic (exact) mass is 215 g/mol. The zero-order valence-corrected chi connectivity index (χ0v) is 8.87. The van der Waals surface area contributed by atoms with E-state index in [0.29, 0.717) is 6.61 Å². The van der Waals surface area contributed by atoms with Gasteiger partial charge in [0.15, 0.2) is 6.04 Å². The summed E-state index contributed by atoms with van der Waals surface area (Å²) < 4.78 is 5.16. The zero-order valence-electron chi connectivity index (χ0n) is 8.87. The first-order valence-corrected chi connectivity index (χ1v) is 5.25. The number of benzene rings is 1. The van der Waals surface area contributed by atoms with Gasteiger partial charge < -0.3 is 4.74 Å². The Balaban J connectivity index is 1.86. The fraction of sp³-hybridized carbons (Fsp3) is 0.231. The molecule has 82 valence electrons. The van der Waals surface area contributed by atoms with Crippen molar-refractivity contribution < 1.29 is 9.53 Å². The van der Waals surface area contributed by atoms with Crippen molar-refractivity contribution in [2.75, 3.05) is 0 Å². The number of hydrogen-bond donors (Lipinski definition) is 0. The van der Waals surface area contributed by atoms with Crippen LogP contribution < -0.4 is 0 Å². The van der Waals surface area contributed by atoms with Crippen molar-refractivity contribution in [2.45, 2.75) is 19.1 Å². The van der Waals surface area contributed by atoms with E-state index in [4.69, 9.17) is 4.74 Å². The van der Waals surface area contributed by atoms with E-state index in [-0.39, 0.29) is 5.97 Å². The summed E-state index contributed by atoms with van der Waals surface area (Å²) in [5.41, 5.74) is 0.986. The van der Waals surface area contributed by atoms with Crippen LogP contribution in [0.2, 0.25) is 0 Å². The number of allylic oxidation sites excluding steroid dienone is 1. The van der Waals surface area contributed by atoms with Crippen molar-refractivity contribution in [3.8, 4) is 0 Å². The van der Waals surface area contributed by atoms with E-state index in [1.54, 1.807) is 12.3 Å². The molecular weight excluding hydrogens is 202 g/mol. The van der Waals surface area contributed by atoms with Crippen molar-refractivity contribution in [3.63, 3.8) is 0 Å². The Kier molecular flexibility index (Phi) is 3.49. The topological polar surface area (TPSA) is 38.7 Å². The molecule has 0 saturated heterocycles. The van der Waals surface area contributed by atoms with Crippen LogP contribution in [-0.4, -0.2) is 18.2 Å². The third-order valence-electron chi connectivity index (χ3n) is 2.29. The number of carbonyl (C=O) groups excluding carboxylic acids is 1. The maximum Gasteiger partial charge on any atom is 0.335 e. The molecule has 0 saturated carbocycles. The molecule has 0 aromatic heterocycles. The van der Waals surface area contributed by atoms with Crippen LogP contribution in [0.15, 0.2) is 47.5 Å². The number of hydrogen-bond acceptors (Lipinski definition) is 3. The number of nitrogens with zero attached hydrogens (tertiary/aromatic N) is 1. The van der Waals surface area contributed by atoms with Gasteiger partial charge in [-0.15, -0.1) is 0 Å². The SMILES string of the molecule is O=C(OCc1ccccc1)C1C=CCC=N1. The number of esters is 1. The lowest BCUT2D eigenvalue weighted by molar-refractivity contribution is -0.145. The van der Waals surface area contributed by atoms with Gasteiger partial charge in [0.05, 0.1) is 0 Å². The standard InChI is InChI=1S/C13H13NO2/c15-13(12-8-4-5-9-14-12)16-10-11-6-2-1-3-7-11/h1-4,6-9,12H,5,10H2. The molecule has 16 heavy (non-hydrogen) atoms. The normalized spacial score (nSPS) is 18.4. The summed E-state index contributed by atoms with van der Waals surface area (Å²) in [6.45, 7) is 0.305. The predicted octanol–water partition coefficient (Wildman–Crippen LogP) is 2.13. The molecule has 0 radical (unpaired) electrons. The van der Waals surface area contributed by atoms with Crippen LogP contribution in [0.25, 0.3) is 0 Å². The lowest BCUT2D eigenvalue weighted by atomic mass is 10.2. The molecule has 1 unspecified atom stereocenters. The van der Waals surface area contributed by atoms with E-state index < -0.39 is 6.04 Å². The van der Waals surface area contributed by atoms with Crippen LogP contribution in [0, 0.1) is 0 Å². The number of ether oxygens (including phenoxy) is 1. The molecule has 0 fully saturated rings. The smallest absolute Gasteiger partial charge is 0.335 e. The van der Waals surface area contributed by atoms with Gasteiger partial charge in [-0.25, -0.2) is 4.79 Å². The first kappa shape index (κ1) is 10.6. The highest BCUT2D eigenvalue weighted by molar-refractivity contribution is 5.81. The molecule has 0 aliphatic carbocycles. The molecule has 0 amide bonds. The van der Waals surface area contributed by atoms with Gasteiger partial charge in [0.25, 0.3) is 0 Å². The van der Waals surface area contributed by atoms with Crippen LogP contribution in [0.4, 0.5) is 0 Å². The minimum absolute atomic E-state index is 0.295. The molecule has 1 aromatic carbocycles. The average Bonchev–Trinajstić information content (AvgIpc) is 2.38. The molecule has 1 heterocycles. The summed E-state index contributed by atoms with van der Waals surface area (Å²) in [6, 6.07) is 9.15. The number of rotatable bonds is 3. The summed E-state index contributed by atoms with van der Waals surface area (Å²) in [4.78, 5) is 15.6. The second-order valence-electron chi connectivity index (χ2n) is 3.53. The van der Waals surface area contributed by atoms with Gasteiger partial charge in [-0.2, -0.15) is 0 Å². The summed E-state index contributed by atoms with van der Waals surface area (Å²) in [5.74, 6) is -0.295. The molecule has 0 bridgehead atoms. The number of carbonyl (C=O) groups is 1. The van der Waals surface area contributed by atoms with Crippen molar-refractivity contribution in [2.24, 2.45) is 4.99 Å². The van der Waals surface area contributed by atoms with Crippen molar-refractivity contribution in [3.05, 3.63) is 48.0 Å². The van der Waals surface area contributed by atoms with E-state index in [1.807, 2.05) is 36.4 Å². The largest absolute Gasteiger partial charge is 0.459 e. The summed E-state index contributed by atoms with van der Waals surface area (Å²) >= 11 is 0. The third kappa shape index (κ3) is 2.79. The summed E-state index contributed by atoms with van der Waals surface area (Å²) in [7, 11) is 0. The van der Waals surface area contributed by atoms with Gasteiger partial charge in [0.1, 0.15) is 6.61 Å². The van der Waals surface area contributed by atoms with Crippen LogP contribution in [0.3, 0.4) is 0 Å². The molecule has 1 atom stereocenters. The van der Waals surface area contributed by atoms with Gasteiger partial charge in [-0.1, -0.05) is 42.5 Å². The van der Waals surface area contributed by atoms with E-state index in [1.165, 1.54) is 0 Å². The third-order valence-corrected chi connectivity index (χ3v) is 2.29. The van der Waals surface area contributed by atoms with Crippen LogP contribution in [-0.2, 0) is 16.1 Å². The maximum atomic E-state index is 11.6. The van der Waals surface area contributed by atoms with E-state index in [0.717, 1.165) is 12.0 Å². The molecule has 0 spiro atoms. The highest BCUT2D eigenvalue weighted by Gasteiger charge is 2.16. The lowest BCUT2D eigenvalue weighted by Gasteiger charge is -2.10. The van der Waals surface area contributed by atoms with Gasteiger partial charge in [-0.05, 0) is 5.56 Å². The fourth-order valence-electron chi connectivity index (χ4n) is 1.45. The van der Waals surface area contributed by atoms with Crippen molar-refractivity contribution in [1.82, 2.24) is 0 Å². The molecule has 0 N–H and O–H groups in total. The van der Waals surface area contributed by atoms with Gasteiger partial charge in [0.2, 0.25) is 0 Å². The Morgan fingerprint density at radius 1 is 1.38 bits per heavy atom. The lowest BCUT2D eigenvalue weighted by Crippen LogP contribution is -2.20. The minimum Gasteiger partial charge on any atom is -0.459 e. The van der Waals surface area contributed by atoms with E-state index in [2.05, 4.69) is 4.99 Å². The average molecular weight is 215 g/mol. The highest BCUT2D eigenvalue weighted by Crippen LogP contribution is 2.06. The molecule has 3 nitrogen and oxygen atoms in total. The Hall–Kier alpha value is -1.90. The molecule has 1 aliphatic heterocycles. The first-order chi connectivity index (χ1) is 7.86. The number of dihydropyridines is 1. The van der Waals surface area contributed by atoms with E-state index in [9.17, 15) is 4.79 Å². The van der Waals surface area contributed by atoms with Crippen molar-refractivity contribution >= 4 is 12.2 Å². The Morgan fingerprint density at radius 2 is 2.19 bits per heavy atom. The molecule has 1 aliphatic rings. The predicted molar refractivity (Wildman–Crippen MR) is 62.3 cm³/mol. The van der Waals surface area contributed by atoms with Gasteiger partial charge in [0, 0.05) is 12.6 Å². The molecule has 1 aromatic rings. The van der Waals surface area contributed by atoms with E-state index >= 15 is 0 Å². The summed E-state index contributed by atoms with van der Waals surface area (Å²) in [6.07, 6.45) is 6.21. The molecular formula is C13H13NO2. The maximum absolute atomic E-state index is 11.6. The zero-order chi connectivity index (χ0) is 11.2. The van der Waals surface area contributed by atoms with Crippen LogP contribution in [0.1, 0.15) is 12.0 Å². The van der Waals surface area contributed by atoms with Crippen molar-refractivity contribution in [1.29, 1.82) is 0 Å². The number of aliphatic imine (C=N–C) groups is 1. The highest BCUT2D eigenvalue weighted by atomic mass is 16.5. The Labute approximate surface area is 94.5 Å². The Bertz CT molecular complexity index is 397. The molecule has 2 rings (SSSR count). The van der Waals surface area contributed by atoms with Crippen LogP contribution in [0.5, 0.6) is 0 Å². The minimum atomic E-state index is -0.461. The van der Waals surface area contributed by atoms with Gasteiger partial charge in [-0.3, -0.25) is 4.99 Å².